The van der Waals surface area contributed by atoms with Gasteiger partial charge in [-0.3, -0.25) is 9.98 Å². The van der Waals surface area contributed by atoms with Crippen LogP contribution in [0, 0.1) is 5.82 Å². The Balaban J connectivity index is 1.92. The molecule has 0 amide bonds. The summed E-state index contributed by atoms with van der Waals surface area (Å²) in [5.41, 5.74) is 4.04. The van der Waals surface area contributed by atoms with Crippen LogP contribution in [0.5, 0.6) is 0 Å². The Hall–Kier alpha value is -2.55. The number of pyridine rings is 1. The van der Waals surface area contributed by atoms with Crippen LogP contribution in [0.3, 0.4) is 0 Å². The first kappa shape index (κ1) is 14.1. The number of rotatable bonds is 1. The Labute approximate surface area is 134 Å². The Morgan fingerprint density at radius 1 is 1.04 bits per heavy atom. The van der Waals surface area contributed by atoms with E-state index >= 15 is 0 Å². The highest BCUT2D eigenvalue weighted by Crippen LogP contribution is 2.35. The SMILES string of the molecule is CC1(C)CN=C(c2cnc3ccccc3c2)c2cccc(F)c21. The van der Waals surface area contributed by atoms with Crippen LogP contribution >= 0.6 is 0 Å². The second-order valence-electron chi connectivity index (χ2n) is 6.63. The van der Waals surface area contributed by atoms with Crippen LogP contribution in [-0.2, 0) is 5.41 Å². The lowest BCUT2D eigenvalue weighted by Gasteiger charge is -2.31. The number of fused-ring (bicyclic) bond motifs is 2. The molecule has 0 bridgehead atoms. The average Bonchev–Trinajstić information content (AvgIpc) is 2.54. The second kappa shape index (κ2) is 4.98. The standard InChI is InChI=1S/C20H17FN2/c1-20(2)12-23-19(15-7-5-8-16(21)18(15)20)14-10-13-6-3-4-9-17(13)22-11-14/h3-11H,12H2,1-2H3. The van der Waals surface area contributed by atoms with E-state index in [2.05, 4.69) is 11.1 Å². The lowest BCUT2D eigenvalue weighted by Crippen LogP contribution is -2.31. The third-order valence-electron chi connectivity index (χ3n) is 4.44. The molecule has 0 spiro atoms. The minimum Gasteiger partial charge on any atom is -0.283 e. The number of halogens is 1. The van der Waals surface area contributed by atoms with Crippen LogP contribution in [0.4, 0.5) is 4.39 Å². The van der Waals surface area contributed by atoms with Gasteiger partial charge in [-0.1, -0.05) is 44.2 Å². The second-order valence-corrected chi connectivity index (χ2v) is 6.63. The van der Waals surface area contributed by atoms with Crippen molar-refractivity contribution in [2.45, 2.75) is 19.3 Å². The largest absolute Gasteiger partial charge is 0.283 e. The summed E-state index contributed by atoms with van der Waals surface area (Å²) < 4.78 is 14.4. The van der Waals surface area contributed by atoms with E-state index in [9.17, 15) is 4.39 Å². The predicted molar refractivity (Wildman–Crippen MR) is 91.7 cm³/mol. The fraction of sp³-hybridized carbons (Fsp3) is 0.200. The molecule has 23 heavy (non-hydrogen) atoms. The molecule has 114 valence electrons. The lowest BCUT2D eigenvalue weighted by molar-refractivity contribution is 0.487. The van der Waals surface area contributed by atoms with Gasteiger partial charge in [0.25, 0.3) is 0 Å². The number of aromatic nitrogens is 1. The topological polar surface area (TPSA) is 25.2 Å². The zero-order chi connectivity index (χ0) is 16.0. The lowest BCUT2D eigenvalue weighted by atomic mass is 9.77. The number of nitrogens with zero attached hydrogens (tertiary/aromatic N) is 2. The quantitative estimate of drug-likeness (QED) is 0.649. The summed E-state index contributed by atoms with van der Waals surface area (Å²) >= 11 is 0. The molecule has 2 aromatic carbocycles. The molecule has 2 heterocycles. The minimum atomic E-state index is -0.297. The van der Waals surface area contributed by atoms with E-state index in [1.807, 2.05) is 50.4 Å². The van der Waals surface area contributed by atoms with Gasteiger partial charge in [-0.15, -0.1) is 0 Å². The summed E-state index contributed by atoms with van der Waals surface area (Å²) in [7, 11) is 0. The van der Waals surface area contributed by atoms with Crippen LogP contribution in [0.2, 0.25) is 0 Å². The maximum Gasteiger partial charge on any atom is 0.127 e. The molecule has 0 N–H and O–H groups in total. The van der Waals surface area contributed by atoms with Gasteiger partial charge in [0.2, 0.25) is 0 Å². The maximum atomic E-state index is 14.4. The Morgan fingerprint density at radius 2 is 1.87 bits per heavy atom. The van der Waals surface area contributed by atoms with Crippen molar-refractivity contribution in [3.63, 3.8) is 0 Å². The molecule has 1 aliphatic heterocycles. The molecule has 0 aliphatic carbocycles. The minimum absolute atomic E-state index is 0.159. The van der Waals surface area contributed by atoms with Crippen molar-refractivity contribution in [1.29, 1.82) is 0 Å². The summed E-state index contributed by atoms with van der Waals surface area (Å²) in [5.74, 6) is -0.159. The van der Waals surface area contributed by atoms with Crippen LogP contribution in [-0.4, -0.2) is 17.2 Å². The van der Waals surface area contributed by atoms with Crippen molar-refractivity contribution < 1.29 is 4.39 Å². The number of aliphatic imine (C=N–C) groups is 1. The molecule has 0 saturated carbocycles. The average molecular weight is 304 g/mol. The molecule has 0 atom stereocenters. The number of hydrogen-bond acceptors (Lipinski definition) is 2. The zero-order valence-corrected chi connectivity index (χ0v) is 13.2. The molecule has 4 rings (SSSR count). The van der Waals surface area contributed by atoms with Gasteiger partial charge in [-0.2, -0.15) is 0 Å². The van der Waals surface area contributed by atoms with Crippen molar-refractivity contribution >= 4 is 16.6 Å². The van der Waals surface area contributed by atoms with Gasteiger partial charge in [0, 0.05) is 40.2 Å². The van der Waals surface area contributed by atoms with Crippen molar-refractivity contribution in [2.75, 3.05) is 6.54 Å². The van der Waals surface area contributed by atoms with Gasteiger partial charge in [0.15, 0.2) is 0 Å². The summed E-state index contributed by atoms with van der Waals surface area (Å²) in [6.07, 6.45) is 1.83. The highest BCUT2D eigenvalue weighted by atomic mass is 19.1. The number of para-hydroxylation sites is 1. The molecule has 0 fully saturated rings. The molecule has 0 radical (unpaired) electrons. The number of benzene rings is 2. The van der Waals surface area contributed by atoms with Gasteiger partial charge in [-0.25, -0.2) is 4.39 Å². The molecule has 3 heteroatoms. The van der Waals surface area contributed by atoms with Crippen LogP contribution in [0.1, 0.15) is 30.5 Å². The Kier molecular flexibility index (Phi) is 3.05. The van der Waals surface area contributed by atoms with Crippen molar-refractivity contribution in [3.05, 3.63) is 77.2 Å². The van der Waals surface area contributed by atoms with Crippen LogP contribution < -0.4 is 0 Å². The number of hydrogen-bond donors (Lipinski definition) is 0. The van der Waals surface area contributed by atoms with E-state index in [-0.39, 0.29) is 11.2 Å². The predicted octanol–water partition coefficient (Wildman–Crippen LogP) is 4.50. The van der Waals surface area contributed by atoms with Crippen molar-refractivity contribution in [1.82, 2.24) is 4.98 Å². The first-order chi connectivity index (χ1) is 11.1. The summed E-state index contributed by atoms with van der Waals surface area (Å²) in [6.45, 7) is 4.64. The van der Waals surface area contributed by atoms with Gasteiger partial charge >= 0.3 is 0 Å². The van der Waals surface area contributed by atoms with Gasteiger partial charge in [0.1, 0.15) is 5.82 Å². The smallest absolute Gasteiger partial charge is 0.127 e. The van der Waals surface area contributed by atoms with E-state index < -0.39 is 0 Å². The molecule has 3 aromatic rings. The molecule has 1 aromatic heterocycles. The van der Waals surface area contributed by atoms with Gasteiger partial charge in [-0.05, 0) is 18.2 Å². The van der Waals surface area contributed by atoms with Crippen molar-refractivity contribution in [2.24, 2.45) is 4.99 Å². The Bertz CT molecular complexity index is 941. The summed E-state index contributed by atoms with van der Waals surface area (Å²) in [4.78, 5) is 9.27. The highest BCUT2D eigenvalue weighted by molar-refractivity contribution is 6.15. The van der Waals surface area contributed by atoms with Crippen molar-refractivity contribution in [3.8, 4) is 0 Å². The summed E-state index contributed by atoms with van der Waals surface area (Å²) in [5, 5.41) is 1.07. The third-order valence-corrected chi connectivity index (χ3v) is 4.44. The molecule has 2 nitrogen and oxygen atoms in total. The van der Waals surface area contributed by atoms with E-state index in [0.29, 0.717) is 6.54 Å². The summed E-state index contributed by atoms with van der Waals surface area (Å²) in [6, 6.07) is 15.3. The normalized spacial score (nSPS) is 16.0. The van der Waals surface area contributed by atoms with Crippen LogP contribution in [0.25, 0.3) is 10.9 Å². The first-order valence-corrected chi connectivity index (χ1v) is 7.75. The molecular formula is C20H17FN2. The highest BCUT2D eigenvalue weighted by Gasteiger charge is 2.32. The van der Waals surface area contributed by atoms with Gasteiger partial charge in [0.05, 0.1) is 11.2 Å². The fourth-order valence-corrected chi connectivity index (χ4v) is 3.30. The molecule has 0 unspecified atom stereocenters. The molecule has 1 aliphatic rings. The maximum absolute atomic E-state index is 14.4. The zero-order valence-electron chi connectivity index (χ0n) is 13.2. The van der Waals surface area contributed by atoms with E-state index in [1.165, 1.54) is 6.07 Å². The first-order valence-electron chi connectivity index (χ1n) is 7.75. The molecule has 0 saturated heterocycles. The van der Waals surface area contributed by atoms with E-state index in [1.54, 1.807) is 6.07 Å². The van der Waals surface area contributed by atoms with Crippen LogP contribution in [0.15, 0.2) is 59.7 Å². The Morgan fingerprint density at radius 3 is 2.74 bits per heavy atom. The fourth-order valence-electron chi connectivity index (χ4n) is 3.30. The monoisotopic (exact) mass is 304 g/mol. The molecular weight excluding hydrogens is 287 g/mol. The van der Waals surface area contributed by atoms with E-state index in [4.69, 9.17) is 4.99 Å². The van der Waals surface area contributed by atoms with E-state index in [0.717, 1.165) is 33.3 Å². The third kappa shape index (κ3) is 2.24. The van der Waals surface area contributed by atoms with Gasteiger partial charge < -0.3 is 0 Å².